The molecule has 1 aromatic heterocycles. The molecule has 1 fully saturated rings. The Hall–Kier alpha value is -3.98. The van der Waals surface area contributed by atoms with Crippen LogP contribution in [0.5, 0.6) is 23.0 Å². The van der Waals surface area contributed by atoms with Gasteiger partial charge in [-0.3, -0.25) is 14.5 Å². The van der Waals surface area contributed by atoms with Crippen LogP contribution in [0.1, 0.15) is 22.0 Å². The van der Waals surface area contributed by atoms with E-state index in [1.165, 1.54) is 44.7 Å². The number of ether oxygens (including phenoxy) is 4. The van der Waals surface area contributed by atoms with Gasteiger partial charge in [-0.25, -0.2) is 0 Å². The molecule has 9 heteroatoms. The first kappa shape index (κ1) is 24.2. The minimum Gasteiger partial charge on any atom is -0.507 e. The summed E-state index contributed by atoms with van der Waals surface area (Å²) >= 11 is 1.40. The van der Waals surface area contributed by atoms with Crippen LogP contribution in [0.2, 0.25) is 0 Å². The van der Waals surface area contributed by atoms with Crippen LogP contribution >= 0.6 is 11.3 Å². The van der Waals surface area contributed by atoms with E-state index < -0.39 is 17.7 Å². The molecule has 4 rings (SSSR count). The fourth-order valence-electron chi connectivity index (χ4n) is 4.13. The number of ketones is 1. The maximum atomic E-state index is 13.4. The first-order valence-corrected chi connectivity index (χ1v) is 11.5. The molecule has 1 amide bonds. The largest absolute Gasteiger partial charge is 0.507 e. The number of carbonyl (C=O) groups is 2. The number of Topliss-reactive ketones (excluding diaryl/α,β-unsaturated/α-hetero) is 1. The highest BCUT2D eigenvalue weighted by Crippen LogP contribution is 2.47. The van der Waals surface area contributed by atoms with Gasteiger partial charge in [0.1, 0.15) is 23.3 Å². The van der Waals surface area contributed by atoms with Crippen LogP contribution < -0.4 is 23.8 Å². The number of hydrogen-bond acceptors (Lipinski definition) is 8. The molecule has 182 valence electrons. The molecule has 0 spiro atoms. The first-order chi connectivity index (χ1) is 16.9. The lowest BCUT2D eigenvalue weighted by molar-refractivity contribution is -0.132. The van der Waals surface area contributed by atoms with Gasteiger partial charge in [-0.15, -0.1) is 11.3 Å². The van der Waals surface area contributed by atoms with Crippen molar-refractivity contribution in [2.45, 2.75) is 13.0 Å². The third kappa shape index (κ3) is 4.08. The molecule has 2 heterocycles. The Labute approximate surface area is 206 Å². The van der Waals surface area contributed by atoms with Crippen LogP contribution in [0.3, 0.4) is 0 Å². The van der Waals surface area contributed by atoms with Crippen molar-refractivity contribution >= 4 is 34.5 Å². The van der Waals surface area contributed by atoms with Crippen LogP contribution in [0.4, 0.5) is 5.69 Å². The number of methoxy groups -OCH3 is 4. The predicted molar refractivity (Wildman–Crippen MR) is 133 cm³/mol. The zero-order valence-electron chi connectivity index (χ0n) is 19.9. The number of anilines is 1. The van der Waals surface area contributed by atoms with E-state index in [4.69, 9.17) is 18.9 Å². The zero-order chi connectivity index (χ0) is 25.3. The molecular formula is C26H25NO7S. The van der Waals surface area contributed by atoms with Crippen LogP contribution in [-0.4, -0.2) is 45.2 Å². The summed E-state index contributed by atoms with van der Waals surface area (Å²) in [6.45, 7) is 1.90. The van der Waals surface area contributed by atoms with Gasteiger partial charge in [-0.1, -0.05) is 0 Å². The predicted octanol–water partition coefficient (Wildman–Crippen LogP) is 4.72. The fraction of sp³-hybridized carbons (Fsp3) is 0.231. The minimum atomic E-state index is -0.847. The normalized spacial score (nSPS) is 16.9. The molecule has 1 unspecified atom stereocenters. The van der Waals surface area contributed by atoms with Gasteiger partial charge >= 0.3 is 0 Å². The maximum Gasteiger partial charge on any atom is 0.300 e. The molecule has 3 aromatic rings. The average molecular weight is 496 g/mol. The lowest BCUT2D eigenvalue weighted by atomic mass is 9.97. The molecule has 0 radical (unpaired) electrons. The second-order valence-electron chi connectivity index (χ2n) is 7.74. The Kier molecular flexibility index (Phi) is 6.70. The lowest BCUT2D eigenvalue weighted by Crippen LogP contribution is -2.29. The maximum absolute atomic E-state index is 13.4. The van der Waals surface area contributed by atoms with E-state index in [9.17, 15) is 14.7 Å². The number of amides is 1. The van der Waals surface area contributed by atoms with Crippen molar-refractivity contribution in [1.29, 1.82) is 0 Å². The van der Waals surface area contributed by atoms with Crippen molar-refractivity contribution in [3.63, 3.8) is 0 Å². The van der Waals surface area contributed by atoms with Crippen molar-refractivity contribution in [3.05, 3.63) is 69.4 Å². The van der Waals surface area contributed by atoms with Gasteiger partial charge in [0, 0.05) is 22.7 Å². The molecule has 0 bridgehead atoms. The van der Waals surface area contributed by atoms with Crippen LogP contribution in [-0.2, 0) is 9.59 Å². The number of aliphatic hydroxyl groups excluding tert-OH is 1. The standard InChI is InChI=1S/C26H25NO7S/c1-14-10-11-35-25(14)22-21(23(28)17-8-7-16(31-2)13-19(17)33-4)24(29)26(30)27(22)15-6-9-18(32-3)20(12-15)34-5/h6-13,22,28H,1-5H3/b23-21+. The topological polar surface area (TPSA) is 94.5 Å². The summed E-state index contributed by atoms with van der Waals surface area (Å²) in [6.07, 6.45) is 0. The van der Waals surface area contributed by atoms with Gasteiger partial charge in [0.2, 0.25) is 0 Å². The summed E-state index contributed by atoms with van der Waals surface area (Å²) in [6, 6.07) is 10.9. The van der Waals surface area contributed by atoms with E-state index >= 15 is 0 Å². The molecule has 0 saturated carbocycles. The molecule has 1 saturated heterocycles. The molecule has 1 aliphatic rings. The number of rotatable bonds is 7. The second kappa shape index (κ2) is 9.71. The van der Waals surface area contributed by atoms with Crippen molar-refractivity contribution in [2.24, 2.45) is 0 Å². The highest BCUT2D eigenvalue weighted by molar-refractivity contribution is 7.10. The van der Waals surface area contributed by atoms with Crippen LogP contribution in [0.15, 0.2) is 53.4 Å². The molecule has 2 aromatic carbocycles. The Balaban J connectivity index is 1.96. The fourth-order valence-corrected chi connectivity index (χ4v) is 5.15. The summed E-state index contributed by atoms with van der Waals surface area (Å²) in [4.78, 5) is 28.9. The molecule has 1 aliphatic heterocycles. The summed E-state index contributed by atoms with van der Waals surface area (Å²) in [5, 5.41) is 13.3. The molecule has 0 aliphatic carbocycles. The van der Waals surface area contributed by atoms with E-state index in [1.807, 2.05) is 18.4 Å². The molecule has 8 nitrogen and oxygen atoms in total. The van der Waals surface area contributed by atoms with Gasteiger partial charge in [0.05, 0.1) is 39.6 Å². The first-order valence-electron chi connectivity index (χ1n) is 10.7. The average Bonchev–Trinajstić information content (AvgIpc) is 3.42. The summed E-state index contributed by atoms with van der Waals surface area (Å²) < 4.78 is 21.4. The number of nitrogens with zero attached hydrogens (tertiary/aromatic N) is 1. The number of aliphatic hydroxyl groups is 1. The summed E-state index contributed by atoms with van der Waals surface area (Å²) in [7, 11) is 5.98. The van der Waals surface area contributed by atoms with Crippen molar-refractivity contribution in [2.75, 3.05) is 33.3 Å². The highest BCUT2D eigenvalue weighted by atomic mass is 32.1. The third-order valence-corrected chi connectivity index (χ3v) is 6.97. The van der Waals surface area contributed by atoms with Crippen LogP contribution in [0, 0.1) is 6.92 Å². The molecule has 1 atom stereocenters. The number of benzene rings is 2. The quantitative estimate of drug-likeness (QED) is 0.288. The summed E-state index contributed by atoms with van der Waals surface area (Å²) in [5.41, 5.74) is 1.57. The van der Waals surface area contributed by atoms with E-state index in [2.05, 4.69) is 0 Å². The van der Waals surface area contributed by atoms with E-state index in [0.717, 1.165) is 10.4 Å². The third-order valence-electron chi connectivity index (χ3n) is 5.90. The number of carbonyl (C=O) groups excluding carboxylic acids is 2. The van der Waals surface area contributed by atoms with Gasteiger partial charge < -0.3 is 24.1 Å². The summed E-state index contributed by atoms with van der Waals surface area (Å²) in [5.74, 6) is -0.165. The van der Waals surface area contributed by atoms with Gasteiger partial charge in [-0.2, -0.15) is 0 Å². The van der Waals surface area contributed by atoms with E-state index in [-0.39, 0.29) is 16.9 Å². The smallest absolute Gasteiger partial charge is 0.300 e. The van der Waals surface area contributed by atoms with Gasteiger partial charge in [0.25, 0.3) is 11.7 Å². The van der Waals surface area contributed by atoms with Crippen molar-refractivity contribution in [3.8, 4) is 23.0 Å². The van der Waals surface area contributed by atoms with E-state index in [0.29, 0.717) is 28.7 Å². The SMILES string of the molecule is COc1ccc(/C(O)=C2\C(=O)C(=O)N(c3ccc(OC)c(OC)c3)C2c2sccc2C)c(OC)c1. The molecule has 35 heavy (non-hydrogen) atoms. The Morgan fingerprint density at radius 1 is 0.886 bits per heavy atom. The monoisotopic (exact) mass is 495 g/mol. The highest BCUT2D eigenvalue weighted by Gasteiger charge is 2.48. The van der Waals surface area contributed by atoms with Gasteiger partial charge in [-0.05, 0) is 48.2 Å². The second-order valence-corrected chi connectivity index (χ2v) is 8.69. The Bertz CT molecular complexity index is 1330. The number of aryl methyl sites for hydroxylation is 1. The minimum absolute atomic E-state index is 0.0289. The van der Waals surface area contributed by atoms with Gasteiger partial charge in [0.15, 0.2) is 11.5 Å². The zero-order valence-corrected chi connectivity index (χ0v) is 20.8. The molecule has 1 N–H and O–H groups in total. The van der Waals surface area contributed by atoms with Crippen molar-refractivity contribution in [1.82, 2.24) is 0 Å². The van der Waals surface area contributed by atoms with Crippen LogP contribution in [0.25, 0.3) is 5.76 Å². The van der Waals surface area contributed by atoms with Crippen molar-refractivity contribution < 1.29 is 33.6 Å². The number of hydrogen-bond donors (Lipinski definition) is 1. The van der Waals surface area contributed by atoms with E-state index in [1.54, 1.807) is 36.4 Å². The number of thiophene rings is 1. The Morgan fingerprint density at radius 2 is 1.60 bits per heavy atom. The Morgan fingerprint density at radius 3 is 2.20 bits per heavy atom. The lowest BCUT2D eigenvalue weighted by Gasteiger charge is -2.25. The molecular weight excluding hydrogens is 470 g/mol.